The van der Waals surface area contributed by atoms with Crippen molar-refractivity contribution in [1.82, 2.24) is 14.3 Å². The van der Waals surface area contributed by atoms with Gasteiger partial charge in [-0.3, -0.25) is 0 Å². The van der Waals surface area contributed by atoms with E-state index in [0.29, 0.717) is 5.82 Å². The van der Waals surface area contributed by atoms with E-state index in [1.54, 1.807) is 32.4 Å². The molecule has 0 spiro atoms. The summed E-state index contributed by atoms with van der Waals surface area (Å²) in [7, 11) is -1.95. The summed E-state index contributed by atoms with van der Waals surface area (Å²) >= 11 is 0. The number of sulfonamides is 1. The smallest absolute Gasteiger partial charge is 0.260 e. The van der Waals surface area contributed by atoms with Crippen LogP contribution in [0.2, 0.25) is 0 Å². The number of hydrogen-bond acceptors (Lipinski definition) is 4. The van der Waals surface area contributed by atoms with E-state index in [0.717, 1.165) is 0 Å². The summed E-state index contributed by atoms with van der Waals surface area (Å²) in [5, 5.41) is 8.98. The first kappa shape index (κ1) is 13.1. The van der Waals surface area contributed by atoms with Gasteiger partial charge in [0.2, 0.25) is 0 Å². The van der Waals surface area contributed by atoms with Gasteiger partial charge in [0, 0.05) is 13.2 Å². The monoisotopic (exact) mass is 247 g/mol. The Morgan fingerprint density at radius 3 is 2.50 bits per heavy atom. The first-order valence-electron chi connectivity index (χ1n) is 4.83. The fourth-order valence-electron chi connectivity index (χ4n) is 1.10. The number of aliphatic hydroxyl groups is 1. The van der Waals surface area contributed by atoms with Crippen molar-refractivity contribution in [2.24, 2.45) is 7.05 Å². The highest BCUT2D eigenvalue weighted by Crippen LogP contribution is 2.11. The molecule has 0 aliphatic heterocycles. The Kier molecular flexibility index (Phi) is 3.41. The molecule has 0 saturated heterocycles. The molecule has 0 atom stereocenters. The van der Waals surface area contributed by atoms with E-state index in [-0.39, 0.29) is 11.6 Å². The number of hydrogen-bond donors (Lipinski definition) is 2. The second-order valence-corrected chi connectivity index (χ2v) is 6.01. The number of nitrogens with zero attached hydrogens (tertiary/aromatic N) is 2. The molecule has 0 aromatic carbocycles. The van der Waals surface area contributed by atoms with Gasteiger partial charge in [0.1, 0.15) is 5.82 Å². The Hall–Kier alpha value is -0.920. The topological polar surface area (TPSA) is 84.2 Å². The molecule has 1 heterocycles. The summed E-state index contributed by atoms with van der Waals surface area (Å²) < 4.78 is 27.8. The van der Waals surface area contributed by atoms with Gasteiger partial charge >= 0.3 is 0 Å². The van der Waals surface area contributed by atoms with E-state index in [1.807, 2.05) is 0 Å². The van der Waals surface area contributed by atoms with E-state index in [1.165, 1.54) is 6.20 Å². The van der Waals surface area contributed by atoms with Crippen molar-refractivity contribution in [1.29, 1.82) is 0 Å². The highest BCUT2D eigenvalue weighted by Gasteiger charge is 2.27. The summed E-state index contributed by atoms with van der Waals surface area (Å²) in [6, 6.07) is 0. The van der Waals surface area contributed by atoms with Gasteiger partial charge in [0.25, 0.3) is 10.0 Å². The molecule has 0 amide bonds. The van der Waals surface area contributed by atoms with Crippen molar-refractivity contribution in [2.45, 2.75) is 31.3 Å². The lowest BCUT2D eigenvalue weighted by molar-refractivity contribution is 0.208. The van der Waals surface area contributed by atoms with E-state index in [2.05, 4.69) is 9.71 Å². The summed E-state index contributed by atoms with van der Waals surface area (Å²) in [6.45, 7) is 4.63. The zero-order valence-corrected chi connectivity index (χ0v) is 10.7. The Morgan fingerprint density at radius 1 is 1.56 bits per heavy atom. The normalized spacial score (nSPS) is 13.1. The first-order valence-corrected chi connectivity index (χ1v) is 6.31. The fraction of sp³-hybridized carbons (Fsp3) is 0.667. The molecule has 1 rings (SSSR count). The van der Waals surface area contributed by atoms with Crippen molar-refractivity contribution in [2.75, 3.05) is 6.61 Å². The van der Waals surface area contributed by atoms with E-state index >= 15 is 0 Å². The van der Waals surface area contributed by atoms with Gasteiger partial charge in [-0.25, -0.2) is 18.1 Å². The average molecular weight is 247 g/mol. The van der Waals surface area contributed by atoms with Crippen LogP contribution in [0.4, 0.5) is 0 Å². The Morgan fingerprint density at radius 2 is 2.12 bits per heavy atom. The second-order valence-electron chi connectivity index (χ2n) is 4.38. The molecule has 0 radical (unpaired) electrons. The SMILES string of the molecule is Cc1nc(S(=O)(=O)NC(C)(C)CO)cn1C. The third-order valence-electron chi connectivity index (χ3n) is 2.17. The molecule has 7 heteroatoms. The first-order chi connectivity index (χ1) is 7.18. The molecule has 6 nitrogen and oxygen atoms in total. The fourth-order valence-corrected chi connectivity index (χ4v) is 2.55. The van der Waals surface area contributed by atoms with E-state index in [4.69, 9.17) is 5.11 Å². The number of aliphatic hydroxyl groups excluding tert-OH is 1. The molecule has 1 aromatic heterocycles. The minimum absolute atomic E-state index is 0.0333. The zero-order chi connectivity index (χ0) is 12.6. The molecule has 0 saturated carbocycles. The number of aromatic nitrogens is 2. The quantitative estimate of drug-likeness (QED) is 0.770. The molecule has 0 aliphatic carbocycles. The van der Waals surface area contributed by atoms with Gasteiger partial charge in [-0.05, 0) is 20.8 Å². The van der Waals surface area contributed by atoms with Crippen LogP contribution in [0.15, 0.2) is 11.2 Å². The van der Waals surface area contributed by atoms with Crippen LogP contribution in [-0.2, 0) is 17.1 Å². The Bertz CT molecular complexity index is 457. The summed E-state index contributed by atoms with van der Waals surface area (Å²) in [4.78, 5) is 3.93. The van der Waals surface area contributed by atoms with Crippen LogP contribution >= 0.6 is 0 Å². The minimum atomic E-state index is -3.67. The summed E-state index contributed by atoms with van der Waals surface area (Å²) in [5.41, 5.74) is -0.899. The molecule has 0 fully saturated rings. The van der Waals surface area contributed by atoms with Crippen LogP contribution < -0.4 is 4.72 Å². The van der Waals surface area contributed by atoms with Crippen molar-refractivity contribution >= 4 is 10.0 Å². The van der Waals surface area contributed by atoms with E-state index < -0.39 is 15.6 Å². The summed E-state index contributed by atoms with van der Waals surface area (Å²) in [6.07, 6.45) is 1.44. The third-order valence-corrected chi connectivity index (χ3v) is 3.74. The lowest BCUT2D eigenvalue weighted by Crippen LogP contribution is -2.46. The van der Waals surface area contributed by atoms with Crippen LogP contribution in [0, 0.1) is 6.92 Å². The van der Waals surface area contributed by atoms with Crippen LogP contribution in [0.1, 0.15) is 19.7 Å². The number of nitrogens with one attached hydrogen (secondary N) is 1. The van der Waals surface area contributed by atoms with Crippen molar-refractivity contribution < 1.29 is 13.5 Å². The van der Waals surface area contributed by atoms with Crippen LogP contribution in [0.3, 0.4) is 0 Å². The largest absolute Gasteiger partial charge is 0.394 e. The molecule has 0 aliphatic rings. The molecule has 92 valence electrons. The molecule has 2 N–H and O–H groups in total. The minimum Gasteiger partial charge on any atom is -0.394 e. The highest BCUT2D eigenvalue weighted by atomic mass is 32.2. The lowest BCUT2D eigenvalue weighted by atomic mass is 10.1. The maximum Gasteiger partial charge on any atom is 0.260 e. The predicted molar refractivity (Wildman–Crippen MR) is 59.4 cm³/mol. The standard InChI is InChI=1S/C9H17N3O3S/c1-7-10-8(5-12(7)4)16(14,15)11-9(2,3)6-13/h5,11,13H,6H2,1-4H3. The van der Waals surface area contributed by atoms with Crippen molar-refractivity contribution in [3.63, 3.8) is 0 Å². The molecule has 16 heavy (non-hydrogen) atoms. The predicted octanol–water partition coefficient (Wildman–Crippen LogP) is -0.222. The van der Waals surface area contributed by atoms with Gasteiger partial charge in [-0.2, -0.15) is 0 Å². The Labute approximate surface area is 95.4 Å². The van der Waals surface area contributed by atoms with Gasteiger partial charge in [0.15, 0.2) is 5.03 Å². The summed E-state index contributed by atoms with van der Waals surface area (Å²) in [5.74, 6) is 0.613. The second kappa shape index (κ2) is 4.15. The highest BCUT2D eigenvalue weighted by molar-refractivity contribution is 7.89. The molecule has 1 aromatic rings. The molecule has 0 bridgehead atoms. The van der Waals surface area contributed by atoms with Crippen LogP contribution in [0.25, 0.3) is 0 Å². The van der Waals surface area contributed by atoms with Gasteiger partial charge in [-0.1, -0.05) is 0 Å². The molecular weight excluding hydrogens is 230 g/mol. The van der Waals surface area contributed by atoms with Crippen molar-refractivity contribution in [3.8, 4) is 0 Å². The van der Waals surface area contributed by atoms with E-state index in [9.17, 15) is 8.42 Å². The maximum absolute atomic E-state index is 11.9. The van der Waals surface area contributed by atoms with Gasteiger partial charge in [0.05, 0.1) is 12.1 Å². The molecule has 0 unspecified atom stereocenters. The number of imidazole rings is 1. The van der Waals surface area contributed by atoms with Gasteiger partial charge in [-0.15, -0.1) is 0 Å². The lowest BCUT2D eigenvalue weighted by Gasteiger charge is -2.22. The van der Waals surface area contributed by atoms with Crippen LogP contribution in [0.5, 0.6) is 0 Å². The van der Waals surface area contributed by atoms with Gasteiger partial charge < -0.3 is 9.67 Å². The van der Waals surface area contributed by atoms with Crippen LogP contribution in [-0.4, -0.2) is 35.2 Å². The number of rotatable bonds is 4. The average Bonchev–Trinajstić information content (AvgIpc) is 2.46. The maximum atomic E-state index is 11.9. The Balaban J connectivity index is 3.04. The zero-order valence-electron chi connectivity index (χ0n) is 9.85. The number of aryl methyl sites for hydroxylation is 2. The third kappa shape index (κ3) is 2.81. The van der Waals surface area contributed by atoms with Crippen molar-refractivity contribution in [3.05, 3.63) is 12.0 Å². The molecular formula is C9H17N3O3S.